The predicted octanol–water partition coefficient (Wildman–Crippen LogP) is 2.35. The molecule has 6 rings (SSSR count). The normalized spacial score (nSPS) is 19.2. The van der Waals surface area contributed by atoms with Crippen LogP contribution in [0.4, 0.5) is 11.6 Å². The number of aromatic amines is 1. The van der Waals surface area contributed by atoms with Gasteiger partial charge in [0, 0.05) is 54.6 Å². The number of H-pyrrole nitrogens is 1. The Morgan fingerprint density at radius 1 is 0.978 bits per heavy atom. The van der Waals surface area contributed by atoms with E-state index in [2.05, 4.69) is 35.5 Å². The van der Waals surface area contributed by atoms with Crippen LogP contribution in [0.5, 0.6) is 0 Å². The van der Waals surface area contributed by atoms with Crippen molar-refractivity contribution in [2.45, 2.75) is 38.1 Å². The highest BCUT2D eigenvalue weighted by Gasteiger charge is 2.36. The monoisotopic (exact) mass is 610 g/mol. The number of tetrazole rings is 1. The van der Waals surface area contributed by atoms with Crippen LogP contribution in [0.15, 0.2) is 60.9 Å². The van der Waals surface area contributed by atoms with E-state index in [-0.39, 0.29) is 18.2 Å². The molecule has 0 bridgehead atoms. The molecule has 1 aliphatic carbocycles. The van der Waals surface area contributed by atoms with Crippen molar-refractivity contribution in [3.05, 3.63) is 66.5 Å². The Labute approximate surface area is 261 Å². The minimum Gasteiger partial charge on any atom is -0.378 e. The fourth-order valence-electron chi connectivity index (χ4n) is 6.17. The molecular weight excluding hydrogens is 572 g/mol. The van der Waals surface area contributed by atoms with E-state index in [0.717, 1.165) is 61.0 Å². The largest absolute Gasteiger partial charge is 0.378 e. The van der Waals surface area contributed by atoms with Gasteiger partial charge in [0.15, 0.2) is 0 Å². The van der Waals surface area contributed by atoms with Gasteiger partial charge in [-0.2, -0.15) is 5.21 Å². The second kappa shape index (κ2) is 13.9. The molecule has 2 fully saturated rings. The number of hydrogen-bond donors (Lipinski definition) is 3. The first kappa shape index (κ1) is 30.3. The van der Waals surface area contributed by atoms with E-state index >= 15 is 0 Å². The number of rotatable bonds is 10. The number of carbonyl (C=O) groups is 2. The molecule has 1 atom stereocenters. The van der Waals surface area contributed by atoms with Crippen LogP contribution < -0.4 is 21.3 Å². The Bertz CT molecular complexity index is 1570. The molecule has 1 aliphatic heterocycles. The van der Waals surface area contributed by atoms with E-state index < -0.39 is 11.9 Å². The van der Waals surface area contributed by atoms with Crippen LogP contribution in [-0.4, -0.2) is 81.3 Å². The van der Waals surface area contributed by atoms with Crippen molar-refractivity contribution in [2.75, 3.05) is 42.6 Å². The van der Waals surface area contributed by atoms with Crippen molar-refractivity contribution in [3.63, 3.8) is 0 Å². The van der Waals surface area contributed by atoms with Gasteiger partial charge >= 0.3 is 0 Å². The molecule has 0 unspecified atom stereocenters. The van der Waals surface area contributed by atoms with Gasteiger partial charge in [-0.15, -0.1) is 10.2 Å². The zero-order valence-electron chi connectivity index (χ0n) is 25.1. The molecule has 45 heavy (non-hydrogen) atoms. The number of anilines is 2. The fraction of sp³-hybridized carbons (Fsp3) is 0.406. The molecular formula is C32H38N10O3. The smallest absolute Gasteiger partial charge is 0.240 e. The van der Waals surface area contributed by atoms with Gasteiger partial charge in [0.1, 0.15) is 6.04 Å². The van der Waals surface area contributed by atoms with E-state index in [1.807, 2.05) is 36.4 Å². The number of aromatic nitrogens is 6. The van der Waals surface area contributed by atoms with E-state index in [4.69, 9.17) is 16.2 Å². The van der Waals surface area contributed by atoms with Crippen LogP contribution >= 0.6 is 0 Å². The van der Waals surface area contributed by atoms with Gasteiger partial charge < -0.3 is 21.1 Å². The standard InChI is InChI=1S/C32H38N10O3/c33-18-21-4-6-24(7-5-21)31(44)42(27-10-8-23(9-11-27)30-37-39-40-38-30)28(29(34)43)17-22-2-1-3-25(16-22)26-19-35-32(36-20-26)41-12-14-45-15-13-41/h1-3,8-11,16,19-21,24,28H,4-7,12-15,17-18,33H2,(H2,34,43)(H,37,38,39,40)/t21?,24?,28-/m0/s1. The lowest BCUT2D eigenvalue weighted by Crippen LogP contribution is -2.52. The van der Waals surface area contributed by atoms with E-state index in [1.165, 1.54) is 0 Å². The third kappa shape index (κ3) is 6.99. The maximum absolute atomic E-state index is 14.2. The fourth-order valence-corrected chi connectivity index (χ4v) is 6.17. The molecule has 0 radical (unpaired) electrons. The predicted molar refractivity (Wildman–Crippen MR) is 169 cm³/mol. The number of carbonyl (C=O) groups excluding carboxylic acids is 2. The molecule has 13 heteroatoms. The molecule has 2 aromatic heterocycles. The molecule has 1 saturated carbocycles. The van der Waals surface area contributed by atoms with Gasteiger partial charge in [0.05, 0.1) is 13.2 Å². The van der Waals surface area contributed by atoms with Crippen LogP contribution in [-0.2, 0) is 20.7 Å². The van der Waals surface area contributed by atoms with Gasteiger partial charge in [-0.3, -0.25) is 14.5 Å². The SMILES string of the molecule is NCC1CCC(C(=O)N(c2ccc(-c3nn[nH]n3)cc2)[C@@H](Cc2cccc(-c3cnc(N4CCOCC4)nc3)c2)C(N)=O)CC1. The number of benzene rings is 2. The molecule has 3 heterocycles. The highest BCUT2D eigenvalue weighted by atomic mass is 16.5. The topological polar surface area (TPSA) is 182 Å². The average molecular weight is 611 g/mol. The van der Waals surface area contributed by atoms with Gasteiger partial charge in [0.25, 0.3) is 0 Å². The highest BCUT2D eigenvalue weighted by molar-refractivity contribution is 6.01. The minimum atomic E-state index is -0.907. The molecule has 2 aliphatic rings. The molecule has 0 spiro atoms. The van der Waals surface area contributed by atoms with Crippen molar-refractivity contribution >= 4 is 23.5 Å². The van der Waals surface area contributed by atoms with Crippen LogP contribution in [0.2, 0.25) is 0 Å². The molecule has 2 aromatic carbocycles. The molecule has 13 nitrogen and oxygen atoms in total. The number of morpholine rings is 1. The zero-order valence-corrected chi connectivity index (χ0v) is 25.1. The van der Waals surface area contributed by atoms with Crippen molar-refractivity contribution < 1.29 is 14.3 Å². The lowest BCUT2D eigenvalue weighted by molar-refractivity contribution is -0.127. The first-order valence-corrected chi connectivity index (χ1v) is 15.4. The van der Waals surface area contributed by atoms with Gasteiger partial charge in [-0.1, -0.05) is 24.3 Å². The lowest BCUT2D eigenvalue weighted by atomic mass is 9.81. The zero-order chi connectivity index (χ0) is 31.2. The van der Waals surface area contributed by atoms with E-state index in [0.29, 0.717) is 43.1 Å². The molecule has 2 amide bonds. The summed E-state index contributed by atoms with van der Waals surface area (Å²) in [6.45, 7) is 3.44. The number of nitrogens with two attached hydrogens (primary N) is 2. The Balaban J connectivity index is 1.27. The van der Waals surface area contributed by atoms with Crippen LogP contribution in [0.3, 0.4) is 0 Å². The average Bonchev–Trinajstić information content (AvgIpc) is 3.64. The Morgan fingerprint density at radius 2 is 1.71 bits per heavy atom. The third-order valence-corrected chi connectivity index (χ3v) is 8.78. The maximum atomic E-state index is 14.2. The quantitative estimate of drug-likeness (QED) is 0.241. The number of nitrogens with one attached hydrogen (secondary N) is 1. The van der Waals surface area contributed by atoms with Gasteiger partial charge in [0.2, 0.25) is 23.6 Å². The second-order valence-corrected chi connectivity index (χ2v) is 11.6. The van der Waals surface area contributed by atoms with Crippen molar-refractivity contribution in [1.82, 2.24) is 30.6 Å². The number of ether oxygens (including phenoxy) is 1. The summed E-state index contributed by atoms with van der Waals surface area (Å²) in [7, 11) is 0. The number of primary amides is 1. The summed E-state index contributed by atoms with van der Waals surface area (Å²) in [6, 6.07) is 14.2. The third-order valence-electron chi connectivity index (χ3n) is 8.78. The van der Waals surface area contributed by atoms with Crippen LogP contribution in [0.1, 0.15) is 31.2 Å². The van der Waals surface area contributed by atoms with E-state index in [1.54, 1.807) is 29.4 Å². The van der Waals surface area contributed by atoms with Gasteiger partial charge in [-0.25, -0.2) is 9.97 Å². The molecule has 234 valence electrons. The number of amides is 2. The molecule has 5 N–H and O–H groups in total. The second-order valence-electron chi connectivity index (χ2n) is 11.6. The van der Waals surface area contributed by atoms with Crippen molar-refractivity contribution in [2.24, 2.45) is 23.3 Å². The summed E-state index contributed by atoms with van der Waals surface area (Å²) in [5.41, 5.74) is 15.9. The minimum absolute atomic E-state index is 0.107. The number of hydrogen-bond acceptors (Lipinski definition) is 10. The molecule has 1 saturated heterocycles. The summed E-state index contributed by atoms with van der Waals surface area (Å²) in [5, 5.41) is 14.2. The summed E-state index contributed by atoms with van der Waals surface area (Å²) in [5.74, 6) is 0.616. The first-order valence-electron chi connectivity index (χ1n) is 15.4. The number of nitrogens with zero attached hydrogens (tertiary/aromatic N) is 7. The van der Waals surface area contributed by atoms with Crippen molar-refractivity contribution in [3.8, 4) is 22.5 Å². The summed E-state index contributed by atoms with van der Waals surface area (Å²) >= 11 is 0. The highest BCUT2D eigenvalue weighted by Crippen LogP contribution is 2.33. The Hall–Kier alpha value is -4.75. The lowest BCUT2D eigenvalue weighted by Gasteiger charge is -2.35. The summed E-state index contributed by atoms with van der Waals surface area (Å²) in [4.78, 5) is 40.2. The Morgan fingerprint density at radius 3 is 2.36 bits per heavy atom. The Kier molecular flexibility index (Phi) is 9.36. The maximum Gasteiger partial charge on any atom is 0.240 e. The van der Waals surface area contributed by atoms with Crippen LogP contribution in [0, 0.1) is 11.8 Å². The van der Waals surface area contributed by atoms with Gasteiger partial charge in [-0.05, 0) is 78.8 Å². The molecule has 4 aromatic rings. The summed E-state index contributed by atoms with van der Waals surface area (Å²) < 4.78 is 5.43. The first-order chi connectivity index (χ1) is 22.0. The van der Waals surface area contributed by atoms with E-state index in [9.17, 15) is 9.59 Å². The van der Waals surface area contributed by atoms with Crippen LogP contribution in [0.25, 0.3) is 22.5 Å². The van der Waals surface area contributed by atoms with Crippen molar-refractivity contribution in [1.29, 1.82) is 0 Å². The summed E-state index contributed by atoms with van der Waals surface area (Å²) in [6.07, 6.45) is 7.06.